The minimum absolute atomic E-state index is 1.00. The largest absolute Gasteiger partial charge is 0.367 e. The predicted molar refractivity (Wildman–Crippen MR) is 85.0 cm³/mol. The van der Waals surface area contributed by atoms with E-state index < -0.39 is 0 Å². The Kier molecular flexibility index (Phi) is 3.75. The first-order valence-corrected chi connectivity index (χ1v) is 7.28. The van der Waals surface area contributed by atoms with Gasteiger partial charge in [-0.15, -0.1) is 0 Å². The summed E-state index contributed by atoms with van der Waals surface area (Å²) in [6.45, 7) is 3.15. The van der Waals surface area contributed by atoms with Crippen molar-refractivity contribution in [1.82, 2.24) is 4.90 Å². The first-order valence-electron chi connectivity index (χ1n) is 7.28. The summed E-state index contributed by atoms with van der Waals surface area (Å²) in [5.41, 5.74) is 5.68. The Labute approximate surface area is 121 Å². The molecule has 0 bridgehead atoms. The number of rotatable bonds is 3. The van der Waals surface area contributed by atoms with Crippen molar-refractivity contribution in [3.63, 3.8) is 0 Å². The highest BCUT2D eigenvalue weighted by Crippen LogP contribution is 2.24. The molecule has 0 unspecified atom stereocenters. The summed E-state index contributed by atoms with van der Waals surface area (Å²) in [5.74, 6) is 0. The lowest BCUT2D eigenvalue weighted by molar-refractivity contribution is 0.402. The number of nitrogens with zero attached hydrogens (tertiary/aromatic N) is 2. The molecule has 1 heterocycles. The quantitative estimate of drug-likeness (QED) is 0.841. The van der Waals surface area contributed by atoms with Gasteiger partial charge in [0.2, 0.25) is 0 Å². The fraction of sp³-hybridized carbons (Fsp3) is 0.333. The molecule has 0 spiro atoms. The van der Waals surface area contributed by atoms with Gasteiger partial charge in [0.15, 0.2) is 0 Å². The van der Waals surface area contributed by atoms with E-state index in [9.17, 15) is 0 Å². The SMILES string of the molecule is CN(C)Cc1ccc(N2CCc3ccccc3C2)cc1. The van der Waals surface area contributed by atoms with Crippen LogP contribution in [0.2, 0.25) is 0 Å². The molecule has 20 heavy (non-hydrogen) atoms. The van der Waals surface area contributed by atoms with Crippen molar-refractivity contribution in [3.8, 4) is 0 Å². The van der Waals surface area contributed by atoms with Crippen molar-refractivity contribution in [2.75, 3.05) is 25.5 Å². The highest BCUT2D eigenvalue weighted by molar-refractivity contribution is 5.50. The van der Waals surface area contributed by atoms with Crippen molar-refractivity contribution in [3.05, 3.63) is 65.2 Å². The van der Waals surface area contributed by atoms with E-state index in [-0.39, 0.29) is 0 Å². The van der Waals surface area contributed by atoms with Crippen LogP contribution in [0.3, 0.4) is 0 Å². The van der Waals surface area contributed by atoms with Gasteiger partial charge < -0.3 is 9.80 Å². The molecule has 0 amide bonds. The topological polar surface area (TPSA) is 6.48 Å². The molecule has 0 aromatic heterocycles. The molecule has 0 radical (unpaired) electrons. The molecule has 0 saturated heterocycles. The molecule has 2 aromatic carbocycles. The van der Waals surface area contributed by atoms with Crippen LogP contribution in [0.1, 0.15) is 16.7 Å². The Morgan fingerprint density at radius 3 is 2.35 bits per heavy atom. The van der Waals surface area contributed by atoms with Gasteiger partial charge in [-0.25, -0.2) is 0 Å². The zero-order valence-corrected chi connectivity index (χ0v) is 12.3. The van der Waals surface area contributed by atoms with Crippen LogP contribution in [0.25, 0.3) is 0 Å². The molecule has 2 heteroatoms. The predicted octanol–water partition coefficient (Wildman–Crippen LogP) is 3.31. The summed E-state index contributed by atoms with van der Waals surface area (Å²) in [4.78, 5) is 4.67. The highest BCUT2D eigenvalue weighted by atomic mass is 15.1. The summed E-state index contributed by atoms with van der Waals surface area (Å²) in [6.07, 6.45) is 1.15. The monoisotopic (exact) mass is 266 g/mol. The van der Waals surface area contributed by atoms with Crippen LogP contribution in [0.4, 0.5) is 5.69 Å². The molecular formula is C18H22N2. The lowest BCUT2D eigenvalue weighted by Gasteiger charge is -2.31. The van der Waals surface area contributed by atoms with E-state index in [4.69, 9.17) is 0 Å². The summed E-state index contributed by atoms with van der Waals surface area (Å²) >= 11 is 0. The van der Waals surface area contributed by atoms with Crippen molar-refractivity contribution in [2.45, 2.75) is 19.5 Å². The molecule has 1 aliphatic rings. The third kappa shape index (κ3) is 2.86. The highest BCUT2D eigenvalue weighted by Gasteiger charge is 2.15. The molecule has 2 aromatic rings. The standard InChI is InChI=1S/C18H22N2/c1-19(2)13-15-7-9-18(10-8-15)20-12-11-16-5-3-4-6-17(16)14-20/h3-10H,11-14H2,1-2H3. The number of hydrogen-bond donors (Lipinski definition) is 0. The van der Waals surface area contributed by atoms with E-state index in [0.717, 1.165) is 26.1 Å². The minimum Gasteiger partial charge on any atom is -0.367 e. The second-order valence-electron chi connectivity index (χ2n) is 5.84. The molecule has 2 nitrogen and oxygen atoms in total. The minimum atomic E-state index is 1.00. The summed E-state index contributed by atoms with van der Waals surface area (Å²) in [7, 11) is 4.21. The maximum atomic E-state index is 2.47. The first kappa shape index (κ1) is 13.2. The van der Waals surface area contributed by atoms with E-state index in [1.165, 1.54) is 22.4 Å². The summed E-state index contributed by atoms with van der Waals surface area (Å²) in [6, 6.07) is 17.8. The van der Waals surface area contributed by atoms with Crippen LogP contribution < -0.4 is 4.90 Å². The molecule has 104 valence electrons. The smallest absolute Gasteiger partial charge is 0.0432 e. The number of fused-ring (bicyclic) bond motifs is 1. The molecule has 0 atom stereocenters. The summed E-state index contributed by atoms with van der Waals surface area (Å²) in [5, 5.41) is 0. The van der Waals surface area contributed by atoms with E-state index in [2.05, 4.69) is 72.4 Å². The third-order valence-corrected chi connectivity index (χ3v) is 3.93. The second-order valence-corrected chi connectivity index (χ2v) is 5.84. The lowest BCUT2D eigenvalue weighted by Crippen LogP contribution is -2.30. The molecule has 0 aliphatic carbocycles. The molecular weight excluding hydrogens is 244 g/mol. The van der Waals surface area contributed by atoms with Gasteiger partial charge in [-0.2, -0.15) is 0 Å². The maximum absolute atomic E-state index is 2.47. The molecule has 1 aliphatic heterocycles. The Morgan fingerprint density at radius 1 is 0.950 bits per heavy atom. The van der Waals surface area contributed by atoms with E-state index in [1.807, 2.05) is 0 Å². The Hall–Kier alpha value is -1.80. The van der Waals surface area contributed by atoms with Crippen molar-refractivity contribution >= 4 is 5.69 Å². The van der Waals surface area contributed by atoms with Crippen LogP contribution in [0.5, 0.6) is 0 Å². The zero-order chi connectivity index (χ0) is 13.9. The normalized spacial score (nSPS) is 14.4. The third-order valence-electron chi connectivity index (χ3n) is 3.93. The molecule has 3 rings (SSSR count). The van der Waals surface area contributed by atoms with Crippen LogP contribution in [-0.4, -0.2) is 25.5 Å². The Morgan fingerprint density at radius 2 is 1.65 bits per heavy atom. The summed E-state index contributed by atoms with van der Waals surface area (Å²) < 4.78 is 0. The van der Waals surface area contributed by atoms with Crippen molar-refractivity contribution in [1.29, 1.82) is 0 Å². The fourth-order valence-corrected chi connectivity index (χ4v) is 2.89. The second kappa shape index (κ2) is 5.68. The van der Waals surface area contributed by atoms with Crippen LogP contribution in [0, 0.1) is 0 Å². The van der Waals surface area contributed by atoms with Gasteiger partial charge in [0.1, 0.15) is 0 Å². The van der Waals surface area contributed by atoms with Gasteiger partial charge in [-0.1, -0.05) is 36.4 Å². The Balaban J connectivity index is 1.74. The van der Waals surface area contributed by atoms with Crippen molar-refractivity contribution in [2.24, 2.45) is 0 Å². The lowest BCUT2D eigenvalue weighted by atomic mass is 9.99. The average Bonchev–Trinajstić information content (AvgIpc) is 2.47. The number of anilines is 1. The molecule has 0 fully saturated rings. The number of hydrogen-bond acceptors (Lipinski definition) is 2. The first-order chi connectivity index (χ1) is 9.72. The van der Waals surface area contributed by atoms with Gasteiger partial charge in [-0.3, -0.25) is 0 Å². The van der Waals surface area contributed by atoms with E-state index >= 15 is 0 Å². The molecule has 0 N–H and O–H groups in total. The van der Waals surface area contributed by atoms with Gasteiger partial charge in [0.25, 0.3) is 0 Å². The molecule has 0 saturated carbocycles. The average molecular weight is 266 g/mol. The van der Waals surface area contributed by atoms with Gasteiger partial charge in [0, 0.05) is 25.3 Å². The maximum Gasteiger partial charge on any atom is 0.0432 e. The zero-order valence-electron chi connectivity index (χ0n) is 12.3. The van der Waals surface area contributed by atoms with Crippen LogP contribution in [-0.2, 0) is 19.5 Å². The van der Waals surface area contributed by atoms with Gasteiger partial charge >= 0.3 is 0 Å². The van der Waals surface area contributed by atoms with E-state index in [1.54, 1.807) is 0 Å². The van der Waals surface area contributed by atoms with E-state index in [0.29, 0.717) is 0 Å². The van der Waals surface area contributed by atoms with Gasteiger partial charge in [-0.05, 0) is 49.3 Å². The van der Waals surface area contributed by atoms with Crippen molar-refractivity contribution < 1.29 is 0 Å². The Bertz CT molecular complexity index is 572. The van der Waals surface area contributed by atoms with Crippen LogP contribution in [0.15, 0.2) is 48.5 Å². The van der Waals surface area contributed by atoms with Gasteiger partial charge in [0.05, 0.1) is 0 Å². The number of benzene rings is 2. The van der Waals surface area contributed by atoms with Crippen LogP contribution >= 0.6 is 0 Å². The fourth-order valence-electron chi connectivity index (χ4n) is 2.89.